The average molecular weight is 185 g/mol. The van der Waals surface area contributed by atoms with Crippen LogP contribution in [0.15, 0.2) is 6.33 Å². The van der Waals surface area contributed by atoms with Gasteiger partial charge in [0.05, 0.1) is 31.8 Å². The fraction of sp³-hybridized carbons (Fsp3) is 0.625. The van der Waals surface area contributed by atoms with Crippen molar-refractivity contribution in [2.24, 2.45) is 0 Å². The second-order valence-electron chi connectivity index (χ2n) is 2.64. The zero-order valence-corrected chi connectivity index (χ0v) is 7.96. The molecule has 0 saturated heterocycles. The number of H-pyrrole nitrogens is 1. The molecular weight excluding hydrogens is 170 g/mol. The van der Waals surface area contributed by atoms with Crippen molar-refractivity contribution in [2.45, 2.75) is 13.5 Å². The summed E-state index contributed by atoms with van der Waals surface area (Å²) in [5.74, 6) is 0. The van der Waals surface area contributed by atoms with Crippen LogP contribution in [0.4, 0.5) is 0 Å². The molecule has 1 rings (SSSR count). The molecule has 0 aromatic carbocycles. The van der Waals surface area contributed by atoms with Crippen LogP contribution in [-0.4, -0.2) is 30.3 Å². The fourth-order valence-corrected chi connectivity index (χ4v) is 0.882. The van der Waals surface area contributed by atoms with E-state index < -0.39 is 0 Å². The number of aromatic nitrogens is 2. The number of ether oxygens (including phenoxy) is 1. The van der Waals surface area contributed by atoms with Crippen LogP contribution < -0.4 is 5.48 Å². The minimum absolute atomic E-state index is 0.542. The summed E-state index contributed by atoms with van der Waals surface area (Å²) in [4.78, 5) is 12.2. The second-order valence-corrected chi connectivity index (χ2v) is 2.64. The maximum absolute atomic E-state index is 5.07. The molecule has 0 aliphatic heterocycles. The van der Waals surface area contributed by atoms with Crippen molar-refractivity contribution >= 4 is 0 Å². The first-order chi connectivity index (χ1) is 6.34. The molecule has 1 aromatic rings. The number of aromatic amines is 1. The minimum Gasteiger partial charge on any atom is -0.382 e. The summed E-state index contributed by atoms with van der Waals surface area (Å²) in [6.45, 7) is 3.71. The Morgan fingerprint density at radius 1 is 1.54 bits per heavy atom. The van der Waals surface area contributed by atoms with Crippen LogP contribution in [0.1, 0.15) is 11.4 Å². The molecule has 0 atom stereocenters. The Hall–Kier alpha value is -0.910. The Kier molecular flexibility index (Phi) is 4.45. The highest BCUT2D eigenvalue weighted by molar-refractivity contribution is 5.07. The van der Waals surface area contributed by atoms with Crippen molar-refractivity contribution in [3.8, 4) is 0 Å². The predicted octanol–water partition coefficient (Wildman–Crippen LogP) is 0.386. The van der Waals surface area contributed by atoms with Crippen LogP contribution in [-0.2, 0) is 16.1 Å². The molecule has 5 nitrogen and oxygen atoms in total. The van der Waals surface area contributed by atoms with Gasteiger partial charge in [0.1, 0.15) is 0 Å². The topological polar surface area (TPSA) is 59.2 Å². The first kappa shape index (κ1) is 10.2. The van der Waals surface area contributed by atoms with E-state index in [1.807, 2.05) is 6.92 Å². The van der Waals surface area contributed by atoms with E-state index in [4.69, 9.17) is 9.57 Å². The standard InChI is InChI=1S/C8H15N3O2/c1-7-8(10-6-9-7)5-11-13-4-3-12-2/h6,11H,3-5H2,1-2H3,(H,9,10). The van der Waals surface area contributed by atoms with Crippen LogP contribution in [0.2, 0.25) is 0 Å². The fourth-order valence-electron chi connectivity index (χ4n) is 0.882. The predicted molar refractivity (Wildman–Crippen MR) is 48.0 cm³/mol. The Balaban J connectivity index is 2.10. The monoisotopic (exact) mass is 185 g/mol. The van der Waals surface area contributed by atoms with E-state index in [9.17, 15) is 0 Å². The molecule has 0 bridgehead atoms. The molecule has 5 heteroatoms. The highest BCUT2D eigenvalue weighted by Crippen LogP contribution is 1.98. The van der Waals surface area contributed by atoms with Gasteiger partial charge in [-0.25, -0.2) is 4.98 Å². The van der Waals surface area contributed by atoms with Gasteiger partial charge in [-0.15, -0.1) is 0 Å². The Labute approximate surface area is 77.4 Å². The molecule has 0 aliphatic carbocycles. The lowest BCUT2D eigenvalue weighted by molar-refractivity contribution is 0.00296. The van der Waals surface area contributed by atoms with Crippen molar-refractivity contribution < 1.29 is 9.57 Å². The summed E-state index contributed by atoms with van der Waals surface area (Å²) in [5, 5.41) is 0. The summed E-state index contributed by atoms with van der Waals surface area (Å²) < 4.78 is 4.82. The van der Waals surface area contributed by atoms with Crippen LogP contribution >= 0.6 is 0 Å². The smallest absolute Gasteiger partial charge is 0.0925 e. The van der Waals surface area contributed by atoms with Crippen molar-refractivity contribution in [1.82, 2.24) is 15.4 Å². The third kappa shape index (κ3) is 3.54. The molecule has 0 aliphatic rings. The number of imidazole rings is 1. The third-order valence-electron chi connectivity index (χ3n) is 1.67. The molecule has 0 unspecified atom stereocenters. The molecular formula is C8H15N3O2. The van der Waals surface area contributed by atoms with Gasteiger partial charge in [-0.05, 0) is 6.92 Å². The maximum Gasteiger partial charge on any atom is 0.0925 e. The van der Waals surface area contributed by atoms with Gasteiger partial charge < -0.3 is 9.72 Å². The van der Waals surface area contributed by atoms with Gasteiger partial charge >= 0.3 is 0 Å². The van der Waals surface area contributed by atoms with E-state index in [1.165, 1.54) is 0 Å². The molecule has 74 valence electrons. The highest BCUT2D eigenvalue weighted by Gasteiger charge is 1.98. The molecule has 0 amide bonds. The molecule has 0 radical (unpaired) electrons. The van der Waals surface area contributed by atoms with Gasteiger partial charge in [0, 0.05) is 12.8 Å². The van der Waals surface area contributed by atoms with E-state index in [0.29, 0.717) is 19.8 Å². The second kappa shape index (κ2) is 5.69. The summed E-state index contributed by atoms with van der Waals surface area (Å²) in [5.41, 5.74) is 4.83. The van der Waals surface area contributed by atoms with Gasteiger partial charge in [0.2, 0.25) is 0 Å². The summed E-state index contributed by atoms with van der Waals surface area (Å²) in [6, 6.07) is 0. The highest BCUT2D eigenvalue weighted by atomic mass is 16.7. The first-order valence-corrected chi connectivity index (χ1v) is 4.17. The van der Waals surface area contributed by atoms with Crippen LogP contribution in [0, 0.1) is 6.92 Å². The van der Waals surface area contributed by atoms with Crippen molar-refractivity contribution in [3.63, 3.8) is 0 Å². The number of rotatable bonds is 6. The Bertz CT molecular complexity index is 237. The average Bonchev–Trinajstić information content (AvgIpc) is 2.52. The first-order valence-electron chi connectivity index (χ1n) is 4.17. The molecule has 1 heterocycles. The van der Waals surface area contributed by atoms with E-state index in [-0.39, 0.29) is 0 Å². The van der Waals surface area contributed by atoms with Crippen molar-refractivity contribution in [1.29, 1.82) is 0 Å². The van der Waals surface area contributed by atoms with Crippen LogP contribution in [0.3, 0.4) is 0 Å². The van der Waals surface area contributed by atoms with Gasteiger partial charge in [0.25, 0.3) is 0 Å². The Morgan fingerprint density at radius 2 is 2.38 bits per heavy atom. The largest absolute Gasteiger partial charge is 0.382 e. The number of methoxy groups -OCH3 is 1. The number of hydrogen-bond acceptors (Lipinski definition) is 4. The van der Waals surface area contributed by atoms with Crippen molar-refractivity contribution in [2.75, 3.05) is 20.3 Å². The zero-order chi connectivity index (χ0) is 9.52. The maximum atomic E-state index is 5.07. The number of aryl methyl sites for hydroxylation is 1. The quantitative estimate of drug-likeness (QED) is 0.497. The van der Waals surface area contributed by atoms with Gasteiger partial charge in [-0.3, -0.25) is 4.84 Å². The molecule has 0 spiro atoms. The summed E-state index contributed by atoms with van der Waals surface area (Å²) in [7, 11) is 1.64. The molecule has 0 fully saturated rings. The van der Waals surface area contributed by atoms with E-state index >= 15 is 0 Å². The lowest BCUT2D eigenvalue weighted by atomic mass is 10.3. The number of hydroxylamine groups is 1. The zero-order valence-electron chi connectivity index (χ0n) is 7.96. The molecule has 13 heavy (non-hydrogen) atoms. The molecule has 0 saturated carbocycles. The lowest BCUT2D eigenvalue weighted by Crippen LogP contribution is -2.17. The van der Waals surface area contributed by atoms with Crippen LogP contribution in [0.25, 0.3) is 0 Å². The van der Waals surface area contributed by atoms with Gasteiger partial charge in [-0.2, -0.15) is 5.48 Å². The Morgan fingerprint density at radius 3 is 3.00 bits per heavy atom. The summed E-state index contributed by atoms with van der Waals surface area (Å²) >= 11 is 0. The van der Waals surface area contributed by atoms with E-state index in [0.717, 1.165) is 11.4 Å². The lowest BCUT2D eigenvalue weighted by Gasteiger charge is -2.03. The van der Waals surface area contributed by atoms with Gasteiger partial charge in [0.15, 0.2) is 0 Å². The third-order valence-corrected chi connectivity index (χ3v) is 1.67. The van der Waals surface area contributed by atoms with Crippen molar-refractivity contribution in [3.05, 3.63) is 17.7 Å². The number of nitrogens with one attached hydrogen (secondary N) is 2. The van der Waals surface area contributed by atoms with E-state index in [2.05, 4.69) is 15.4 Å². The molecule has 1 aromatic heterocycles. The SMILES string of the molecule is COCCONCc1nc[nH]c1C. The number of hydrogen-bond donors (Lipinski definition) is 2. The van der Waals surface area contributed by atoms with Crippen LogP contribution in [0.5, 0.6) is 0 Å². The normalized spacial score (nSPS) is 10.6. The van der Waals surface area contributed by atoms with Gasteiger partial charge in [-0.1, -0.05) is 0 Å². The van der Waals surface area contributed by atoms with E-state index in [1.54, 1.807) is 13.4 Å². The number of nitrogens with zero attached hydrogens (tertiary/aromatic N) is 1. The summed E-state index contributed by atoms with van der Waals surface area (Å²) in [6.07, 6.45) is 1.67. The molecule has 2 N–H and O–H groups in total. The minimum atomic E-state index is 0.542.